The van der Waals surface area contributed by atoms with Gasteiger partial charge in [0, 0.05) is 18.1 Å². The summed E-state index contributed by atoms with van der Waals surface area (Å²) in [6, 6.07) is 14.7. The Morgan fingerprint density at radius 2 is 1.88 bits per heavy atom. The van der Waals surface area contributed by atoms with Crippen molar-refractivity contribution >= 4 is 33.2 Å². The lowest BCUT2D eigenvalue weighted by Gasteiger charge is -2.22. The number of aliphatic imine (C=N–C) groups is 1. The monoisotopic (exact) mass is 242 g/mol. The lowest BCUT2D eigenvalue weighted by atomic mass is 10.1. The standard InChI is InChI=1S/C14H11ClN2/c15-14-10-17(8-7-16-14)13-6-5-11-3-1-2-4-12(11)9-13/h1-9H,10H2. The van der Waals surface area contributed by atoms with Gasteiger partial charge in [-0.2, -0.15) is 0 Å². The van der Waals surface area contributed by atoms with Crippen LogP contribution in [0.4, 0.5) is 5.69 Å². The van der Waals surface area contributed by atoms with E-state index in [-0.39, 0.29) is 0 Å². The van der Waals surface area contributed by atoms with Crippen molar-refractivity contribution in [3.05, 3.63) is 54.9 Å². The molecule has 17 heavy (non-hydrogen) atoms. The molecule has 0 fully saturated rings. The zero-order valence-corrected chi connectivity index (χ0v) is 9.93. The Bertz CT molecular complexity index is 616. The van der Waals surface area contributed by atoms with Gasteiger partial charge in [-0.25, -0.2) is 4.99 Å². The maximum Gasteiger partial charge on any atom is 0.125 e. The summed E-state index contributed by atoms with van der Waals surface area (Å²) in [5.74, 6) is 0. The van der Waals surface area contributed by atoms with E-state index in [1.165, 1.54) is 10.8 Å². The SMILES string of the molecule is ClC1=NC=CN(c2ccc3ccccc3c2)C1. The predicted octanol–water partition coefficient (Wildman–Crippen LogP) is 3.77. The van der Waals surface area contributed by atoms with Crippen LogP contribution in [0.25, 0.3) is 10.8 Å². The first-order chi connectivity index (χ1) is 8.33. The summed E-state index contributed by atoms with van der Waals surface area (Å²) < 4.78 is 0. The quantitative estimate of drug-likeness (QED) is 0.743. The Morgan fingerprint density at radius 3 is 2.71 bits per heavy atom. The smallest absolute Gasteiger partial charge is 0.125 e. The van der Waals surface area contributed by atoms with Gasteiger partial charge in [0.1, 0.15) is 5.17 Å². The Morgan fingerprint density at radius 1 is 1.06 bits per heavy atom. The number of fused-ring (bicyclic) bond motifs is 1. The van der Waals surface area contributed by atoms with Crippen molar-refractivity contribution in [3.63, 3.8) is 0 Å². The van der Waals surface area contributed by atoms with Crippen LogP contribution in [0.15, 0.2) is 59.9 Å². The van der Waals surface area contributed by atoms with Crippen molar-refractivity contribution in [1.29, 1.82) is 0 Å². The van der Waals surface area contributed by atoms with Crippen molar-refractivity contribution in [2.75, 3.05) is 11.4 Å². The number of benzene rings is 2. The van der Waals surface area contributed by atoms with Gasteiger partial charge in [0.2, 0.25) is 0 Å². The molecule has 84 valence electrons. The van der Waals surface area contributed by atoms with Gasteiger partial charge in [-0.3, -0.25) is 0 Å². The zero-order chi connectivity index (χ0) is 11.7. The molecule has 2 aromatic rings. The van der Waals surface area contributed by atoms with Crippen LogP contribution in [-0.4, -0.2) is 11.7 Å². The summed E-state index contributed by atoms with van der Waals surface area (Å²) >= 11 is 5.94. The molecular formula is C14H11ClN2. The van der Waals surface area contributed by atoms with E-state index in [0.29, 0.717) is 11.7 Å². The fourth-order valence-electron chi connectivity index (χ4n) is 1.96. The topological polar surface area (TPSA) is 15.6 Å². The molecule has 3 rings (SSSR count). The molecular weight excluding hydrogens is 232 g/mol. The first-order valence-corrected chi connectivity index (χ1v) is 5.85. The van der Waals surface area contributed by atoms with Crippen LogP contribution in [0.2, 0.25) is 0 Å². The Balaban J connectivity index is 2.01. The Kier molecular flexibility index (Phi) is 2.57. The molecule has 0 bridgehead atoms. The van der Waals surface area contributed by atoms with E-state index in [1.54, 1.807) is 6.20 Å². The normalized spacial score (nSPS) is 15.1. The van der Waals surface area contributed by atoms with Crippen LogP contribution in [0.3, 0.4) is 0 Å². The minimum atomic E-state index is 0.612. The third-order valence-electron chi connectivity index (χ3n) is 2.83. The van der Waals surface area contributed by atoms with Crippen LogP contribution >= 0.6 is 11.6 Å². The van der Waals surface area contributed by atoms with Crippen molar-refractivity contribution in [2.24, 2.45) is 4.99 Å². The molecule has 0 radical (unpaired) electrons. The maximum atomic E-state index is 5.94. The highest BCUT2D eigenvalue weighted by molar-refractivity contribution is 6.66. The largest absolute Gasteiger partial charge is 0.339 e. The van der Waals surface area contributed by atoms with Crippen molar-refractivity contribution < 1.29 is 0 Å². The fraction of sp³-hybridized carbons (Fsp3) is 0.0714. The molecule has 0 atom stereocenters. The molecule has 0 N–H and O–H groups in total. The highest BCUT2D eigenvalue weighted by Crippen LogP contribution is 2.23. The zero-order valence-electron chi connectivity index (χ0n) is 9.18. The van der Waals surface area contributed by atoms with Crippen molar-refractivity contribution in [1.82, 2.24) is 0 Å². The molecule has 3 heteroatoms. The molecule has 0 saturated heterocycles. The van der Waals surface area contributed by atoms with Crippen molar-refractivity contribution in [3.8, 4) is 0 Å². The van der Waals surface area contributed by atoms with Gasteiger partial charge in [0.15, 0.2) is 0 Å². The molecule has 2 aromatic carbocycles. The lowest BCUT2D eigenvalue weighted by Crippen LogP contribution is -2.23. The van der Waals surface area contributed by atoms with E-state index in [1.807, 2.05) is 18.3 Å². The second-order valence-electron chi connectivity index (χ2n) is 3.96. The second kappa shape index (κ2) is 4.22. The van der Waals surface area contributed by atoms with Crippen LogP contribution in [0.5, 0.6) is 0 Å². The summed E-state index contributed by atoms with van der Waals surface area (Å²) in [6.45, 7) is 0.635. The van der Waals surface area contributed by atoms with Crippen LogP contribution in [0.1, 0.15) is 0 Å². The van der Waals surface area contributed by atoms with Gasteiger partial charge in [-0.1, -0.05) is 41.9 Å². The highest BCUT2D eigenvalue weighted by atomic mass is 35.5. The summed E-state index contributed by atoms with van der Waals surface area (Å²) in [4.78, 5) is 6.11. The van der Waals surface area contributed by atoms with Gasteiger partial charge in [-0.15, -0.1) is 0 Å². The van der Waals surface area contributed by atoms with Crippen molar-refractivity contribution in [2.45, 2.75) is 0 Å². The third kappa shape index (κ3) is 2.04. The van der Waals surface area contributed by atoms with Gasteiger partial charge < -0.3 is 4.90 Å². The Labute approximate surface area is 105 Å². The molecule has 0 aromatic heterocycles. The van der Waals surface area contributed by atoms with E-state index in [9.17, 15) is 0 Å². The van der Waals surface area contributed by atoms with E-state index in [4.69, 9.17) is 11.6 Å². The number of nitrogens with zero attached hydrogens (tertiary/aromatic N) is 2. The minimum absolute atomic E-state index is 0.612. The summed E-state index contributed by atoms with van der Waals surface area (Å²) in [5.41, 5.74) is 1.13. The van der Waals surface area contributed by atoms with Crippen LogP contribution in [-0.2, 0) is 0 Å². The maximum absolute atomic E-state index is 5.94. The molecule has 0 spiro atoms. The number of hydrogen-bond acceptors (Lipinski definition) is 2. The average molecular weight is 243 g/mol. The van der Waals surface area contributed by atoms with E-state index >= 15 is 0 Å². The second-order valence-corrected chi connectivity index (χ2v) is 4.40. The molecule has 1 heterocycles. The number of anilines is 1. The minimum Gasteiger partial charge on any atom is -0.339 e. The number of halogens is 1. The van der Waals surface area contributed by atoms with E-state index in [0.717, 1.165) is 5.69 Å². The van der Waals surface area contributed by atoms with Gasteiger partial charge in [0.05, 0.1) is 6.54 Å². The molecule has 1 aliphatic rings. The van der Waals surface area contributed by atoms with E-state index in [2.05, 4.69) is 40.2 Å². The lowest BCUT2D eigenvalue weighted by molar-refractivity contribution is 1.10. The van der Waals surface area contributed by atoms with Crippen LogP contribution < -0.4 is 4.90 Å². The first-order valence-electron chi connectivity index (χ1n) is 5.47. The fourth-order valence-corrected chi connectivity index (χ4v) is 2.15. The summed E-state index contributed by atoms with van der Waals surface area (Å²) in [6.07, 6.45) is 3.66. The summed E-state index contributed by atoms with van der Waals surface area (Å²) in [5, 5.41) is 3.09. The molecule has 0 unspecified atom stereocenters. The summed E-state index contributed by atoms with van der Waals surface area (Å²) in [7, 11) is 0. The predicted molar refractivity (Wildman–Crippen MR) is 73.7 cm³/mol. The molecule has 0 saturated carbocycles. The third-order valence-corrected chi connectivity index (χ3v) is 3.04. The highest BCUT2D eigenvalue weighted by Gasteiger charge is 2.09. The number of rotatable bonds is 1. The van der Waals surface area contributed by atoms with Gasteiger partial charge >= 0.3 is 0 Å². The molecule has 0 amide bonds. The van der Waals surface area contributed by atoms with Gasteiger partial charge in [-0.05, 0) is 22.9 Å². The Hall–Kier alpha value is -1.80. The number of hydrogen-bond donors (Lipinski definition) is 0. The van der Waals surface area contributed by atoms with Gasteiger partial charge in [0.25, 0.3) is 0 Å². The average Bonchev–Trinajstić information content (AvgIpc) is 2.38. The molecule has 0 aliphatic carbocycles. The van der Waals surface area contributed by atoms with Crippen LogP contribution in [0, 0.1) is 0 Å². The van der Waals surface area contributed by atoms with E-state index < -0.39 is 0 Å². The molecule has 1 aliphatic heterocycles. The first kappa shape index (κ1) is 10.4. The molecule has 2 nitrogen and oxygen atoms in total.